The zero-order valence-electron chi connectivity index (χ0n) is 17.9. The number of carbonyl (C=O) groups is 2. The highest BCUT2D eigenvalue weighted by molar-refractivity contribution is 5.94. The molecule has 2 N–H and O–H groups in total. The highest BCUT2D eigenvalue weighted by Gasteiger charge is 2.13. The first-order valence-corrected chi connectivity index (χ1v) is 10.2. The van der Waals surface area contributed by atoms with E-state index in [1.165, 1.54) is 0 Å². The standard InChI is InChI=1S/C24H28N4O2/c1-5-23(29)26-22-11-9-20(10-12-22)18(4)25-24(30)21-8-6-7-19(14-21)15-28-17(3)13-16(2)27-28/h6-14,18H,5,15H2,1-4H3,(H,25,30)(H,26,29). The Balaban J connectivity index is 1.65. The van der Waals surface area contributed by atoms with Gasteiger partial charge in [-0.25, -0.2) is 0 Å². The number of hydrogen-bond donors (Lipinski definition) is 2. The van der Waals surface area contributed by atoms with E-state index in [2.05, 4.69) is 15.7 Å². The molecule has 0 aliphatic carbocycles. The summed E-state index contributed by atoms with van der Waals surface area (Å²) >= 11 is 0. The highest BCUT2D eigenvalue weighted by atomic mass is 16.2. The van der Waals surface area contributed by atoms with Crippen LogP contribution in [0.25, 0.3) is 0 Å². The largest absolute Gasteiger partial charge is 0.346 e. The molecule has 0 bridgehead atoms. The quantitative estimate of drug-likeness (QED) is 0.613. The van der Waals surface area contributed by atoms with Gasteiger partial charge in [0.2, 0.25) is 5.91 Å². The molecule has 0 aliphatic rings. The van der Waals surface area contributed by atoms with Crippen molar-refractivity contribution in [2.75, 3.05) is 5.32 Å². The summed E-state index contributed by atoms with van der Waals surface area (Å²) in [6.07, 6.45) is 0.437. The number of anilines is 1. The predicted octanol–water partition coefficient (Wildman–Crippen LogP) is 4.39. The van der Waals surface area contributed by atoms with Crippen molar-refractivity contribution in [1.82, 2.24) is 15.1 Å². The molecule has 3 rings (SSSR count). The highest BCUT2D eigenvalue weighted by Crippen LogP contribution is 2.17. The van der Waals surface area contributed by atoms with E-state index in [0.717, 1.165) is 28.2 Å². The average molecular weight is 405 g/mol. The topological polar surface area (TPSA) is 76.0 Å². The number of hydrogen-bond acceptors (Lipinski definition) is 3. The van der Waals surface area contributed by atoms with Crippen LogP contribution in [0, 0.1) is 13.8 Å². The molecule has 156 valence electrons. The lowest BCUT2D eigenvalue weighted by atomic mass is 10.1. The molecule has 1 heterocycles. The van der Waals surface area contributed by atoms with E-state index in [1.807, 2.05) is 87.0 Å². The molecule has 0 aliphatic heterocycles. The minimum Gasteiger partial charge on any atom is -0.346 e. The van der Waals surface area contributed by atoms with Crippen molar-refractivity contribution in [3.8, 4) is 0 Å². The Bertz CT molecular complexity index is 1040. The van der Waals surface area contributed by atoms with Crippen LogP contribution < -0.4 is 10.6 Å². The van der Waals surface area contributed by atoms with Gasteiger partial charge >= 0.3 is 0 Å². The Hall–Kier alpha value is -3.41. The van der Waals surface area contributed by atoms with Crippen LogP contribution in [-0.4, -0.2) is 21.6 Å². The van der Waals surface area contributed by atoms with Crippen LogP contribution in [0.15, 0.2) is 54.6 Å². The van der Waals surface area contributed by atoms with Gasteiger partial charge in [-0.05, 0) is 62.2 Å². The van der Waals surface area contributed by atoms with Gasteiger partial charge in [-0.1, -0.05) is 31.2 Å². The SMILES string of the molecule is CCC(=O)Nc1ccc(C(C)NC(=O)c2cccc(Cn3nc(C)cc3C)c2)cc1. The molecule has 2 aromatic carbocycles. The Morgan fingerprint density at radius 1 is 1.07 bits per heavy atom. The molecule has 30 heavy (non-hydrogen) atoms. The molecule has 1 atom stereocenters. The van der Waals surface area contributed by atoms with Crippen molar-refractivity contribution in [3.05, 3.63) is 82.7 Å². The average Bonchev–Trinajstić information content (AvgIpc) is 3.05. The molecule has 0 radical (unpaired) electrons. The first-order valence-electron chi connectivity index (χ1n) is 10.2. The molecule has 3 aromatic rings. The van der Waals surface area contributed by atoms with Crippen LogP contribution in [0.2, 0.25) is 0 Å². The minimum atomic E-state index is -0.159. The fraction of sp³-hybridized carbons (Fsp3) is 0.292. The van der Waals surface area contributed by atoms with E-state index < -0.39 is 0 Å². The maximum absolute atomic E-state index is 12.8. The second kappa shape index (κ2) is 9.39. The van der Waals surface area contributed by atoms with Gasteiger partial charge in [0.15, 0.2) is 0 Å². The van der Waals surface area contributed by atoms with Crippen molar-refractivity contribution in [2.24, 2.45) is 0 Å². The second-order valence-electron chi connectivity index (χ2n) is 7.50. The predicted molar refractivity (Wildman–Crippen MR) is 118 cm³/mol. The second-order valence-corrected chi connectivity index (χ2v) is 7.50. The van der Waals surface area contributed by atoms with E-state index in [9.17, 15) is 9.59 Å². The van der Waals surface area contributed by atoms with E-state index >= 15 is 0 Å². The molecule has 6 heteroatoms. The molecule has 0 spiro atoms. The number of rotatable bonds is 7. The van der Waals surface area contributed by atoms with Gasteiger partial charge < -0.3 is 10.6 Å². The first kappa shape index (κ1) is 21.3. The molecular weight excluding hydrogens is 376 g/mol. The van der Waals surface area contributed by atoms with Crippen molar-refractivity contribution >= 4 is 17.5 Å². The maximum Gasteiger partial charge on any atom is 0.251 e. The molecule has 0 saturated heterocycles. The van der Waals surface area contributed by atoms with Crippen molar-refractivity contribution in [2.45, 2.75) is 46.7 Å². The number of benzene rings is 2. The summed E-state index contributed by atoms with van der Waals surface area (Å²) in [4.78, 5) is 24.3. The molecule has 2 amide bonds. The third kappa shape index (κ3) is 5.35. The number of aromatic nitrogens is 2. The minimum absolute atomic E-state index is 0.0237. The van der Waals surface area contributed by atoms with Crippen LogP contribution in [0.1, 0.15) is 59.2 Å². The third-order valence-electron chi connectivity index (χ3n) is 4.99. The summed E-state index contributed by atoms with van der Waals surface area (Å²) in [6, 6.07) is 17.0. The number of nitrogens with one attached hydrogen (secondary N) is 2. The summed E-state index contributed by atoms with van der Waals surface area (Å²) in [5, 5.41) is 10.4. The van der Waals surface area contributed by atoms with E-state index in [-0.39, 0.29) is 17.9 Å². The van der Waals surface area contributed by atoms with Gasteiger partial charge in [-0.2, -0.15) is 5.10 Å². The van der Waals surface area contributed by atoms with Gasteiger partial charge in [0.05, 0.1) is 18.3 Å². The molecule has 1 unspecified atom stereocenters. The van der Waals surface area contributed by atoms with Gasteiger partial charge in [0.25, 0.3) is 5.91 Å². The Labute approximate surface area is 177 Å². The monoisotopic (exact) mass is 404 g/mol. The number of carbonyl (C=O) groups excluding carboxylic acids is 2. The van der Waals surface area contributed by atoms with Crippen molar-refractivity contribution in [3.63, 3.8) is 0 Å². The Morgan fingerprint density at radius 3 is 2.43 bits per heavy atom. The van der Waals surface area contributed by atoms with E-state index in [1.54, 1.807) is 0 Å². The maximum atomic E-state index is 12.8. The smallest absolute Gasteiger partial charge is 0.251 e. The summed E-state index contributed by atoms with van der Waals surface area (Å²) in [6.45, 7) is 8.38. The molecule has 0 saturated carbocycles. The Morgan fingerprint density at radius 2 is 1.80 bits per heavy atom. The molecule has 6 nitrogen and oxygen atoms in total. The van der Waals surface area contributed by atoms with Gasteiger partial charge in [0, 0.05) is 23.4 Å². The summed E-state index contributed by atoms with van der Waals surface area (Å²) in [7, 11) is 0. The number of amides is 2. The zero-order valence-corrected chi connectivity index (χ0v) is 17.9. The molecule has 1 aromatic heterocycles. The van der Waals surface area contributed by atoms with Crippen LogP contribution in [0.3, 0.4) is 0 Å². The fourth-order valence-electron chi connectivity index (χ4n) is 3.29. The summed E-state index contributed by atoms with van der Waals surface area (Å²) in [5.41, 5.74) is 5.44. The number of nitrogens with zero attached hydrogens (tertiary/aromatic N) is 2. The molecular formula is C24H28N4O2. The first-order chi connectivity index (χ1) is 14.4. The third-order valence-corrected chi connectivity index (χ3v) is 4.99. The van der Waals surface area contributed by atoms with Crippen molar-refractivity contribution < 1.29 is 9.59 Å². The summed E-state index contributed by atoms with van der Waals surface area (Å²) in [5.74, 6) is -0.148. The zero-order chi connectivity index (χ0) is 21.7. The van der Waals surface area contributed by atoms with Crippen LogP contribution in [0.5, 0.6) is 0 Å². The Kier molecular flexibility index (Phi) is 6.67. The van der Waals surface area contributed by atoms with E-state index in [0.29, 0.717) is 18.5 Å². The number of aryl methyl sites for hydroxylation is 2. The summed E-state index contributed by atoms with van der Waals surface area (Å²) < 4.78 is 1.94. The van der Waals surface area contributed by atoms with Crippen molar-refractivity contribution in [1.29, 1.82) is 0 Å². The lowest BCUT2D eigenvalue weighted by molar-refractivity contribution is -0.115. The van der Waals surface area contributed by atoms with E-state index in [4.69, 9.17) is 0 Å². The fourth-order valence-corrected chi connectivity index (χ4v) is 3.29. The van der Waals surface area contributed by atoms with Gasteiger partial charge in [-0.15, -0.1) is 0 Å². The normalized spacial score (nSPS) is 11.7. The van der Waals surface area contributed by atoms with Gasteiger partial charge in [0.1, 0.15) is 0 Å². The lowest BCUT2D eigenvalue weighted by Crippen LogP contribution is -2.26. The van der Waals surface area contributed by atoms with Crippen LogP contribution >= 0.6 is 0 Å². The van der Waals surface area contributed by atoms with Crippen LogP contribution in [0.4, 0.5) is 5.69 Å². The lowest BCUT2D eigenvalue weighted by Gasteiger charge is -2.15. The molecule has 0 fully saturated rings. The van der Waals surface area contributed by atoms with Crippen LogP contribution in [-0.2, 0) is 11.3 Å². The van der Waals surface area contributed by atoms with Gasteiger partial charge in [-0.3, -0.25) is 14.3 Å².